The summed E-state index contributed by atoms with van der Waals surface area (Å²) < 4.78 is 26.6. The first-order valence-electron chi connectivity index (χ1n) is 5.25. The summed E-state index contributed by atoms with van der Waals surface area (Å²) in [5.74, 6) is 0.445. The smallest absolute Gasteiger partial charge is 0.188 e. The standard InChI is InChI=1S/C9H21N3O3S.HI/c1-3-4-11-9(10)12-5-6-15-7-8-16(2,13)14;/h3-8H2,1-2H3,(H3,10,11,12);1H. The molecule has 0 rings (SSSR count). The first-order valence-corrected chi connectivity index (χ1v) is 7.31. The molecule has 0 radical (unpaired) electrons. The molecule has 0 unspecified atom stereocenters. The highest BCUT2D eigenvalue weighted by molar-refractivity contribution is 14.0. The Kier molecular flexibility index (Phi) is 12.5. The van der Waals surface area contributed by atoms with E-state index in [9.17, 15) is 8.42 Å². The molecule has 0 amide bonds. The maximum atomic E-state index is 10.8. The van der Waals surface area contributed by atoms with E-state index in [-0.39, 0.29) is 36.3 Å². The van der Waals surface area contributed by atoms with Crippen LogP contribution in [0, 0.1) is 0 Å². The fourth-order valence-electron chi connectivity index (χ4n) is 0.852. The number of guanidine groups is 1. The molecule has 0 atom stereocenters. The maximum absolute atomic E-state index is 10.8. The Hall–Kier alpha value is -0.0900. The van der Waals surface area contributed by atoms with Crippen molar-refractivity contribution in [2.75, 3.05) is 38.3 Å². The number of nitrogens with one attached hydrogen (secondary N) is 1. The SMILES string of the molecule is CCCN=C(N)NCCOCCS(C)(=O)=O.I. The molecular weight excluding hydrogens is 357 g/mol. The van der Waals surface area contributed by atoms with Gasteiger partial charge in [0.1, 0.15) is 9.84 Å². The molecule has 0 saturated heterocycles. The topological polar surface area (TPSA) is 93.8 Å². The number of sulfone groups is 1. The molecule has 0 aliphatic rings. The highest BCUT2D eigenvalue weighted by Gasteiger charge is 2.00. The summed E-state index contributed by atoms with van der Waals surface area (Å²) in [4.78, 5) is 4.03. The first-order chi connectivity index (χ1) is 7.45. The van der Waals surface area contributed by atoms with Crippen LogP contribution in [0.15, 0.2) is 4.99 Å². The van der Waals surface area contributed by atoms with Crippen LogP contribution in [0.5, 0.6) is 0 Å². The van der Waals surface area contributed by atoms with Crippen LogP contribution in [0.1, 0.15) is 13.3 Å². The zero-order chi connectivity index (χ0) is 12.4. The Labute approximate surface area is 120 Å². The Bertz CT molecular complexity index is 307. The Morgan fingerprint density at radius 1 is 1.41 bits per heavy atom. The van der Waals surface area contributed by atoms with Crippen LogP contribution < -0.4 is 11.1 Å². The lowest BCUT2D eigenvalue weighted by Crippen LogP contribution is -2.34. The van der Waals surface area contributed by atoms with Crippen molar-refractivity contribution >= 4 is 39.8 Å². The van der Waals surface area contributed by atoms with Gasteiger partial charge in [0.25, 0.3) is 0 Å². The van der Waals surface area contributed by atoms with Gasteiger partial charge in [-0.05, 0) is 6.42 Å². The van der Waals surface area contributed by atoms with Crippen molar-refractivity contribution in [1.29, 1.82) is 0 Å². The van der Waals surface area contributed by atoms with E-state index in [0.717, 1.165) is 6.42 Å². The Morgan fingerprint density at radius 3 is 2.59 bits per heavy atom. The van der Waals surface area contributed by atoms with Gasteiger partial charge in [-0.15, -0.1) is 24.0 Å². The third-order valence-electron chi connectivity index (χ3n) is 1.66. The molecule has 0 fully saturated rings. The fraction of sp³-hybridized carbons (Fsp3) is 0.889. The molecular formula is C9H22IN3O3S. The number of halogens is 1. The molecule has 0 bridgehead atoms. The van der Waals surface area contributed by atoms with Gasteiger partial charge in [-0.3, -0.25) is 4.99 Å². The summed E-state index contributed by atoms with van der Waals surface area (Å²) in [6.45, 7) is 3.88. The summed E-state index contributed by atoms with van der Waals surface area (Å²) in [6.07, 6.45) is 2.14. The minimum Gasteiger partial charge on any atom is -0.379 e. The molecule has 8 heteroatoms. The predicted octanol–water partition coefficient (Wildman–Crippen LogP) is -0.0201. The van der Waals surface area contributed by atoms with Crippen LogP contribution >= 0.6 is 24.0 Å². The molecule has 0 aromatic carbocycles. The summed E-state index contributed by atoms with van der Waals surface area (Å²) in [5.41, 5.74) is 5.53. The number of nitrogens with two attached hydrogens (primary N) is 1. The number of nitrogens with zero attached hydrogens (tertiary/aromatic N) is 1. The molecule has 17 heavy (non-hydrogen) atoms. The maximum Gasteiger partial charge on any atom is 0.188 e. The molecule has 0 aromatic heterocycles. The summed E-state index contributed by atoms with van der Waals surface area (Å²) in [7, 11) is -2.93. The average molecular weight is 379 g/mol. The van der Waals surface area contributed by atoms with Crippen molar-refractivity contribution in [2.45, 2.75) is 13.3 Å². The van der Waals surface area contributed by atoms with E-state index in [0.29, 0.717) is 25.7 Å². The average Bonchev–Trinajstić information content (AvgIpc) is 2.18. The van der Waals surface area contributed by atoms with Crippen molar-refractivity contribution < 1.29 is 13.2 Å². The number of rotatable bonds is 8. The fourth-order valence-corrected chi connectivity index (χ4v) is 1.27. The van der Waals surface area contributed by atoms with Crippen LogP contribution in [-0.4, -0.2) is 52.7 Å². The highest BCUT2D eigenvalue weighted by atomic mass is 127. The van der Waals surface area contributed by atoms with Gasteiger partial charge >= 0.3 is 0 Å². The number of aliphatic imine (C=N–C) groups is 1. The lowest BCUT2D eigenvalue weighted by molar-refractivity contribution is 0.154. The molecule has 6 nitrogen and oxygen atoms in total. The van der Waals surface area contributed by atoms with E-state index < -0.39 is 9.84 Å². The zero-order valence-corrected chi connectivity index (χ0v) is 13.5. The second kappa shape index (κ2) is 11.0. The monoisotopic (exact) mass is 379 g/mol. The van der Waals surface area contributed by atoms with Crippen LogP contribution in [0.4, 0.5) is 0 Å². The van der Waals surface area contributed by atoms with Crippen molar-refractivity contribution in [2.24, 2.45) is 10.7 Å². The molecule has 0 saturated carbocycles. The normalized spacial score (nSPS) is 12.0. The lowest BCUT2D eigenvalue weighted by Gasteiger charge is -2.06. The van der Waals surface area contributed by atoms with Gasteiger partial charge in [0.05, 0.1) is 19.0 Å². The second-order valence-corrected chi connectivity index (χ2v) is 5.70. The van der Waals surface area contributed by atoms with Gasteiger partial charge in [-0.2, -0.15) is 0 Å². The quantitative estimate of drug-likeness (QED) is 0.268. The number of hydrogen-bond donors (Lipinski definition) is 2. The van der Waals surface area contributed by atoms with E-state index in [1.807, 2.05) is 6.92 Å². The molecule has 0 spiro atoms. The summed E-state index contributed by atoms with van der Waals surface area (Å²) in [6, 6.07) is 0. The minimum atomic E-state index is -2.93. The Balaban J connectivity index is 0. The van der Waals surface area contributed by atoms with Gasteiger partial charge in [0.15, 0.2) is 5.96 Å². The van der Waals surface area contributed by atoms with Gasteiger partial charge in [0.2, 0.25) is 0 Å². The minimum absolute atomic E-state index is 0. The molecule has 3 N–H and O–H groups in total. The highest BCUT2D eigenvalue weighted by Crippen LogP contribution is 1.83. The van der Waals surface area contributed by atoms with Crippen LogP contribution in [-0.2, 0) is 14.6 Å². The van der Waals surface area contributed by atoms with Gasteiger partial charge in [-0.1, -0.05) is 6.92 Å². The molecule has 104 valence electrons. The van der Waals surface area contributed by atoms with E-state index >= 15 is 0 Å². The van der Waals surface area contributed by atoms with Crippen LogP contribution in [0.25, 0.3) is 0 Å². The predicted molar refractivity (Wildman–Crippen MR) is 80.7 cm³/mol. The van der Waals surface area contributed by atoms with Gasteiger partial charge in [-0.25, -0.2) is 8.42 Å². The van der Waals surface area contributed by atoms with E-state index in [1.54, 1.807) is 0 Å². The second-order valence-electron chi connectivity index (χ2n) is 3.44. The van der Waals surface area contributed by atoms with Crippen molar-refractivity contribution in [1.82, 2.24) is 5.32 Å². The molecule has 0 aliphatic carbocycles. The number of hydrogen-bond acceptors (Lipinski definition) is 4. The van der Waals surface area contributed by atoms with Crippen molar-refractivity contribution in [3.05, 3.63) is 0 Å². The number of ether oxygens (including phenoxy) is 1. The zero-order valence-electron chi connectivity index (χ0n) is 10.3. The summed E-state index contributed by atoms with van der Waals surface area (Å²) in [5, 5.41) is 2.87. The largest absolute Gasteiger partial charge is 0.379 e. The van der Waals surface area contributed by atoms with Crippen LogP contribution in [0.3, 0.4) is 0 Å². The van der Waals surface area contributed by atoms with E-state index in [1.165, 1.54) is 6.26 Å². The van der Waals surface area contributed by atoms with Crippen LogP contribution in [0.2, 0.25) is 0 Å². The molecule has 0 heterocycles. The van der Waals surface area contributed by atoms with E-state index in [2.05, 4.69) is 10.3 Å². The molecule has 0 aliphatic heterocycles. The van der Waals surface area contributed by atoms with E-state index in [4.69, 9.17) is 10.5 Å². The Morgan fingerprint density at radius 2 is 2.06 bits per heavy atom. The van der Waals surface area contributed by atoms with Crippen molar-refractivity contribution in [3.8, 4) is 0 Å². The van der Waals surface area contributed by atoms with Crippen molar-refractivity contribution in [3.63, 3.8) is 0 Å². The summed E-state index contributed by atoms with van der Waals surface area (Å²) >= 11 is 0. The lowest BCUT2D eigenvalue weighted by atomic mass is 10.5. The third kappa shape index (κ3) is 15.9. The molecule has 0 aromatic rings. The van der Waals surface area contributed by atoms with Gasteiger partial charge in [0, 0.05) is 19.3 Å². The third-order valence-corrected chi connectivity index (χ3v) is 2.56. The van der Waals surface area contributed by atoms with Gasteiger partial charge < -0.3 is 15.8 Å². The first kappa shape index (κ1) is 19.3.